The molecule has 6 heterocycles. The fourth-order valence-corrected chi connectivity index (χ4v) is 9.58. The van der Waals surface area contributed by atoms with Crippen molar-refractivity contribution in [1.82, 2.24) is 24.3 Å². The Morgan fingerprint density at radius 2 is 1.63 bits per heavy atom. The van der Waals surface area contributed by atoms with Crippen LogP contribution in [0.4, 0.5) is 5.69 Å². The number of likely N-dealkylation sites (tertiary alicyclic amines) is 2. The lowest BCUT2D eigenvalue weighted by atomic mass is 9.78. The number of imide groups is 1. The van der Waals surface area contributed by atoms with Gasteiger partial charge >= 0.3 is 0 Å². The zero-order chi connectivity index (χ0) is 39.7. The summed E-state index contributed by atoms with van der Waals surface area (Å²) < 4.78 is 13.3. The van der Waals surface area contributed by atoms with Gasteiger partial charge in [-0.1, -0.05) is 0 Å². The van der Waals surface area contributed by atoms with Crippen molar-refractivity contribution in [2.75, 3.05) is 58.4 Å². The molecule has 57 heavy (non-hydrogen) atoms. The lowest BCUT2D eigenvalue weighted by molar-refractivity contribution is -0.134. The van der Waals surface area contributed by atoms with Gasteiger partial charge in [0.2, 0.25) is 5.91 Å². The first-order chi connectivity index (χ1) is 27.5. The van der Waals surface area contributed by atoms with Crippen molar-refractivity contribution in [1.29, 1.82) is 0 Å². The van der Waals surface area contributed by atoms with E-state index in [-0.39, 0.29) is 59.2 Å². The second-order valence-corrected chi connectivity index (χ2v) is 16.4. The molecule has 0 bridgehead atoms. The highest BCUT2D eigenvalue weighted by Gasteiger charge is 2.50. The quantitative estimate of drug-likeness (QED) is 0.182. The number of ether oxygens (including phenoxy) is 2. The van der Waals surface area contributed by atoms with Crippen LogP contribution in [-0.2, 0) is 28.0 Å². The van der Waals surface area contributed by atoms with Gasteiger partial charge < -0.3 is 23.8 Å². The van der Waals surface area contributed by atoms with E-state index >= 15 is 0 Å². The highest BCUT2D eigenvalue weighted by atomic mass is 16.5. The number of hydrogen-bond acceptors (Lipinski definition) is 11. The van der Waals surface area contributed by atoms with Gasteiger partial charge in [0.15, 0.2) is 5.78 Å². The van der Waals surface area contributed by atoms with Crippen LogP contribution in [0.1, 0.15) is 58.4 Å². The van der Waals surface area contributed by atoms with Gasteiger partial charge in [0.25, 0.3) is 17.4 Å². The number of anilines is 1. The molecule has 14 nitrogen and oxygen atoms in total. The number of methoxy groups -OCH3 is 2. The van der Waals surface area contributed by atoms with E-state index in [2.05, 4.69) is 14.8 Å². The van der Waals surface area contributed by atoms with Gasteiger partial charge in [0, 0.05) is 101 Å². The maximum Gasteiger partial charge on any atom is 0.262 e. The SMILES string of the molecule is COc1cc(-c2cn(C)c(=O)c3cnccc23)cc(OC)c1CN1CC(CC(=O)N2CCC3(C2)CN(c2ccc4c(c2)C(=O)N(C2CCC(=O)CC2=O)C4=O)C3)C1. The van der Waals surface area contributed by atoms with Crippen molar-refractivity contribution in [3.63, 3.8) is 0 Å². The van der Waals surface area contributed by atoms with Gasteiger partial charge in [-0.05, 0) is 66.1 Å². The molecule has 1 saturated carbocycles. The number of Topliss-reactive ketones (excluding diaryl/α,β-unsaturated/α-hetero) is 2. The third-order valence-electron chi connectivity index (χ3n) is 12.6. The molecule has 1 aliphatic carbocycles. The molecule has 3 amide bonds. The Labute approximate surface area is 328 Å². The Balaban J connectivity index is 0.792. The highest BCUT2D eigenvalue weighted by molar-refractivity contribution is 6.24. The predicted octanol–water partition coefficient (Wildman–Crippen LogP) is 3.47. The number of nitrogens with zero attached hydrogens (tertiary/aromatic N) is 6. The van der Waals surface area contributed by atoms with Gasteiger partial charge in [0.05, 0.1) is 48.8 Å². The summed E-state index contributed by atoms with van der Waals surface area (Å²) in [6, 6.07) is 10.2. The summed E-state index contributed by atoms with van der Waals surface area (Å²) in [5.41, 5.74) is 3.96. The van der Waals surface area contributed by atoms with Crippen molar-refractivity contribution < 1.29 is 33.4 Å². The summed E-state index contributed by atoms with van der Waals surface area (Å²) in [7, 11) is 5.01. The lowest BCUT2D eigenvalue weighted by Gasteiger charge is -2.49. The zero-order valence-corrected chi connectivity index (χ0v) is 32.3. The van der Waals surface area contributed by atoms with Gasteiger partial charge in [-0.25, -0.2) is 0 Å². The van der Waals surface area contributed by atoms with Crippen LogP contribution in [0.2, 0.25) is 0 Å². The maximum absolute atomic E-state index is 13.5. The van der Waals surface area contributed by atoms with E-state index in [0.717, 1.165) is 71.8 Å². The molecular weight excluding hydrogens is 729 g/mol. The monoisotopic (exact) mass is 772 g/mol. The average Bonchev–Trinajstić information content (AvgIpc) is 3.74. The van der Waals surface area contributed by atoms with Crippen molar-refractivity contribution in [3.05, 3.63) is 82.0 Å². The van der Waals surface area contributed by atoms with E-state index in [4.69, 9.17) is 9.47 Å². The van der Waals surface area contributed by atoms with Crippen molar-refractivity contribution >= 4 is 45.7 Å². The molecule has 4 aliphatic heterocycles. The number of benzene rings is 2. The fourth-order valence-electron chi connectivity index (χ4n) is 9.58. The van der Waals surface area contributed by atoms with E-state index in [1.807, 2.05) is 35.4 Å². The van der Waals surface area contributed by atoms with E-state index in [1.165, 1.54) is 0 Å². The summed E-state index contributed by atoms with van der Waals surface area (Å²) >= 11 is 0. The van der Waals surface area contributed by atoms with E-state index in [1.54, 1.807) is 50.4 Å². The number of amides is 3. The molecule has 1 unspecified atom stereocenters. The van der Waals surface area contributed by atoms with Crippen molar-refractivity contribution in [3.8, 4) is 22.6 Å². The number of carbonyl (C=O) groups excluding carboxylic acids is 5. The molecule has 3 saturated heterocycles. The Kier molecular flexibility index (Phi) is 8.98. The summed E-state index contributed by atoms with van der Waals surface area (Å²) in [4.78, 5) is 88.8. The number of carbonyl (C=O) groups is 5. The number of hydrogen-bond donors (Lipinski definition) is 0. The second-order valence-electron chi connectivity index (χ2n) is 16.4. The topological polar surface area (TPSA) is 152 Å². The number of rotatable bonds is 9. The van der Waals surface area contributed by atoms with Crippen molar-refractivity contribution in [2.45, 2.75) is 44.7 Å². The minimum atomic E-state index is -0.888. The first kappa shape index (κ1) is 36.7. The third-order valence-corrected chi connectivity index (χ3v) is 12.6. The molecule has 4 fully saturated rings. The van der Waals surface area contributed by atoms with E-state index in [0.29, 0.717) is 42.0 Å². The average molecular weight is 773 g/mol. The molecule has 2 aromatic heterocycles. The summed E-state index contributed by atoms with van der Waals surface area (Å²) in [6.45, 7) is 5.09. The highest BCUT2D eigenvalue weighted by Crippen LogP contribution is 2.44. The molecular formula is C43H44N6O8. The number of pyridine rings is 2. The molecule has 4 aromatic rings. The van der Waals surface area contributed by atoms with Crippen LogP contribution in [0.5, 0.6) is 11.5 Å². The normalized spacial score (nSPS) is 20.7. The third kappa shape index (κ3) is 6.26. The van der Waals surface area contributed by atoms with Crippen LogP contribution in [0.3, 0.4) is 0 Å². The Morgan fingerprint density at radius 3 is 2.35 bits per heavy atom. The van der Waals surface area contributed by atoms with Crippen LogP contribution in [-0.4, -0.2) is 113 Å². The predicted molar refractivity (Wildman–Crippen MR) is 209 cm³/mol. The van der Waals surface area contributed by atoms with Gasteiger partial charge in [-0.2, -0.15) is 0 Å². The Bertz CT molecular complexity index is 2420. The summed E-state index contributed by atoms with van der Waals surface area (Å²) in [5, 5.41) is 1.34. The van der Waals surface area contributed by atoms with Crippen LogP contribution >= 0.6 is 0 Å². The molecule has 2 aromatic carbocycles. The number of aromatic nitrogens is 2. The zero-order valence-electron chi connectivity index (χ0n) is 32.3. The van der Waals surface area contributed by atoms with Gasteiger partial charge in [-0.15, -0.1) is 0 Å². The molecule has 1 atom stereocenters. The largest absolute Gasteiger partial charge is 0.496 e. The maximum atomic E-state index is 13.5. The van der Waals surface area contributed by atoms with E-state index < -0.39 is 17.9 Å². The van der Waals surface area contributed by atoms with Crippen molar-refractivity contribution in [2.24, 2.45) is 18.4 Å². The molecule has 294 valence electrons. The Morgan fingerprint density at radius 1 is 0.895 bits per heavy atom. The molecule has 0 radical (unpaired) electrons. The first-order valence-corrected chi connectivity index (χ1v) is 19.5. The molecule has 1 spiro atoms. The minimum Gasteiger partial charge on any atom is -0.496 e. The van der Waals surface area contributed by atoms with Gasteiger partial charge in [-0.3, -0.25) is 43.6 Å². The van der Waals surface area contributed by atoms with Crippen LogP contribution < -0.4 is 19.9 Å². The first-order valence-electron chi connectivity index (χ1n) is 19.5. The minimum absolute atomic E-state index is 0.00983. The molecule has 5 aliphatic rings. The number of aryl methyl sites for hydroxylation is 1. The Hall–Kier alpha value is -5.89. The number of fused-ring (bicyclic) bond motifs is 2. The standard InChI is InChI=1S/C43H44N6O8/c1-45-20-33(29-8-10-44-17-32(29)40(45)53)26-13-37(56-2)34(38(14-26)57-3)21-46-18-25(19-46)12-39(52)47-11-9-43(22-47)23-48(24-43)27-4-6-30-31(15-27)42(55)49(41(30)54)35-7-5-28(50)16-36(35)51/h4,6,8,10,13-15,17,20,25,35H,5,7,9,11-12,16,18-19,21-24H2,1-3H3. The van der Waals surface area contributed by atoms with Crippen LogP contribution in [0, 0.1) is 11.3 Å². The molecule has 9 rings (SSSR count). The fraction of sp³-hybridized carbons (Fsp3) is 0.419. The second kappa shape index (κ2) is 13.9. The van der Waals surface area contributed by atoms with Crippen LogP contribution in [0.25, 0.3) is 21.9 Å². The number of ketones is 2. The van der Waals surface area contributed by atoms with Crippen LogP contribution in [0.15, 0.2) is 59.8 Å². The summed E-state index contributed by atoms with van der Waals surface area (Å²) in [6.07, 6.45) is 6.62. The smallest absolute Gasteiger partial charge is 0.262 e. The lowest BCUT2D eigenvalue weighted by Crippen LogP contribution is -2.58. The van der Waals surface area contributed by atoms with Gasteiger partial charge in [0.1, 0.15) is 17.3 Å². The molecule has 0 N–H and O–H groups in total. The van der Waals surface area contributed by atoms with E-state index in [9.17, 15) is 28.8 Å². The molecule has 14 heteroatoms. The summed E-state index contributed by atoms with van der Waals surface area (Å²) in [5.74, 6) is 0.314.